The molecule has 0 radical (unpaired) electrons. The van der Waals surface area contributed by atoms with Gasteiger partial charge < -0.3 is 18.0 Å². The Morgan fingerprint density at radius 2 is 1.81 bits per heavy atom. The molecule has 0 heterocycles. The summed E-state index contributed by atoms with van der Waals surface area (Å²) in [6, 6.07) is 8.54. The van der Waals surface area contributed by atoms with Crippen molar-refractivity contribution in [3.63, 3.8) is 0 Å². The monoisotopic (exact) mass is 310 g/mol. The number of aryl methyl sites for hydroxylation is 1. The molecule has 1 aromatic rings. The van der Waals surface area contributed by atoms with E-state index in [9.17, 15) is 4.79 Å². The minimum Gasteiger partial charge on any atom is -0.458 e. The highest BCUT2D eigenvalue weighted by molar-refractivity contribution is 6.60. The van der Waals surface area contributed by atoms with E-state index in [0.717, 1.165) is 23.6 Å². The first-order valence-corrected chi connectivity index (χ1v) is 8.54. The molecule has 6 heteroatoms. The van der Waals surface area contributed by atoms with Crippen LogP contribution < -0.4 is 0 Å². The maximum Gasteiger partial charge on any atom is 0.500 e. The van der Waals surface area contributed by atoms with E-state index in [0.29, 0.717) is 6.04 Å². The summed E-state index contributed by atoms with van der Waals surface area (Å²) in [7, 11) is 2.25. The minimum absolute atomic E-state index is 0.236. The zero-order chi connectivity index (χ0) is 15.7. The Kier molecular flexibility index (Phi) is 7.31. The summed E-state index contributed by atoms with van der Waals surface area (Å²) in [4.78, 5) is 11.1. The van der Waals surface area contributed by atoms with Crippen molar-refractivity contribution in [2.24, 2.45) is 0 Å². The van der Waals surface area contributed by atoms with Crippen molar-refractivity contribution in [2.45, 2.75) is 19.1 Å². The predicted molar refractivity (Wildman–Crippen MR) is 81.7 cm³/mol. The Balaban J connectivity index is 2.64. The number of ether oxygens (including phenoxy) is 1. The Hall–Kier alpha value is -1.47. The molecule has 0 saturated carbocycles. The first-order valence-electron chi connectivity index (χ1n) is 6.61. The summed E-state index contributed by atoms with van der Waals surface area (Å²) in [5.74, 6) is -0.426. The Bertz CT molecular complexity index is 463. The smallest absolute Gasteiger partial charge is 0.458 e. The third-order valence-corrected chi connectivity index (χ3v) is 5.92. The van der Waals surface area contributed by atoms with Gasteiger partial charge in [-0.15, -0.1) is 0 Å². The maximum absolute atomic E-state index is 11.1. The summed E-state index contributed by atoms with van der Waals surface area (Å²) in [6.45, 7) is 3.60. The molecular weight excluding hydrogens is 288 g/mol. The maximum atomic E-state index is 11.1. The Morgan fingerprint density at radius 1 is 1.19 bits per heavy atom. The Morgan fingerprint density at radius 3 is 2.38 bits per heavy atom. The van der Waals surface area contributed by atoms with Crippen LogP contribution in [0.25, 0.3) is 0 Å². The van der Waals surface area contributed by atoms with Crippen molar-refractivity contribution < 1.29 is 22.8 Å². The molecule has 5 nitrogen and oxygen atoms in total. The molecule has 0 unspecified atom stereocenters. The molecule has 0 aliphatic heterocycles. The number of benzene rings is 1. The highest BCUT2D eigenvalue weighted by Gasteiger charge is 2.37. The molecule has 0 fully saturated rings. The molecule has 0 bridgehead atoms. The molecule has 0 saturated heterocycles. The SMILES string of the molecule is C=CC(=O)OCc1cccc(CC[Si](OC)(OC)OC)c1. The van der Waals surface area contributed by atoms with E-state index in [1.54, 1.807) is 21.3 Å². The van der Waals surface area contributed by atoms with Gasteiger partial charge in [0.25, 0.3) is 0 Å². The number of esters is 1. The average Bonchev–Trinajstić information content (AvgIpc) is 2.55. The van der Waals surface area contributed by atoms with Crippen LogP contribution in [0.1, 0.15) is 11.1 Å². The van der Waals surface area contributed by atoms with Crippen LogP contribution in [0.2, 0.25) is 6.04 Å². The minimum atomic E-state index is -2.56. The molecular formula is C15H22O5Si. The topological polar surface area (TPSA) is 54.0 Å². The molecule has 0 aromatic heterocycles. The second-order valence-corrected chi connectivity index (χ2v) is 7.52. The highest BCUT2D eigenvalue weighted by atomic mass is 28.4. The lowest BCUT2D eigenvalue weighted by molar-refractivity contribution is -0.138. The highest BCUT2D eigenvalue weighted by Crippen LogP contribution is 2.17. The lowest BCUT2D eigenvalue weighted by Gasteiger charge is -2.24. The summed E-state index contributed by atoms with van der Waals surface area (Å²) < 4.78 is 21.2. The van der Waals surface area contributed by atoms with Gasteiger partial charge >= 0.3 is 14.8 Å². The van der Waals surface area contributed by atoms with E-state index in [1.807, 2.05) is 24.3 Å². The predicted octanol–water partition coefficient (Wildman–Crippen LogP) is 2.34. The molecule has 0 spiro atoms. The number of rotatable bonds is 9. The van der Waals surface area contributed by atoms with Gasteiger partial charge in [0, 0.05) is 33.4 Å². The van der Waals surface area contributed by atoms with Gasteiger partial charge in [0.05, 0.1) is 0 Å². The number of hydrogen-bond acceptors (Lipinski definition) is 5. The first-order chi connectivity index (χ1) is 10.1. The zero-order valence-corrected chi connectivity index (χ0v) is 13.8. The van der Waals surface area contributed by atoms with Crippen molar-refractivity contribution in [1.29, 1.82) is 0 Å². The lowest BCUT2D eigenvalue weighted by atomic mass is 10.1. The fourth-order valence-corrected chi connectivity index (χ4v) is 3.65. The van der Waals surface area contributed by atoms with Crippen molar-refractivity contribution >= 4 is 14.8 Å². The van der Waals surface area contributed by atoms with Crippen molar-refractivity contribution in [2.75, 3.05) is 21.3 Å². The van der Waals surface area contributed by atoms with Crippen molar-refractivity contribution in [3.05, 3.63) is 48.0 Å². The van der Waals surface area contributed by atoms with Gasteiger partial charge in [-0.05, 0) is 17.5 Å². The van der Waals surface area contributed by atoms with Gasteiger partial charge in [-0.3, -0.25) is 0 Å². The van der Waals surface area contributed by atoms with Gasteiger partial charge in [-0.1, -0.05) is 30.8 Å². The third kappa shape index (κ3) is 5.43. The van der Waals surface area contributed by atoms with Crippen LogP contribution in [0, 0.1) is 0 Å². The number of hydrogen-bond donors (Lipinski definition) is 0. The molecule has 0 aliphatic carbocycles. The van der Waals surface area contributed by atoms with Crippen LogP contribution in [-0.4, -0.2) is 36.1 Å². The quantitative estimate of drug-likeness (QED) is 0.398. The van der Waals surface area contributed by atoms with Crippen LogP contribution >= 0.6 is 0 Å². The van der Waals surface area contributed by atoms with E-state index in [-0.39, 0.29) is 6.61 Å². The summed E-state index contributed by atoms with van der Waals surface area (Å²) >= 11 is 0. The molecule has 116 valence electrons. The molecule has 1 rings (SSSR count). The standard InChI is InChI=1S/C15H22O5Si/c1-5-15(16)20-12-14-8-6-7-13(11-14)9-10-21(17-2,18-3)19-4/h5-8,11H,1,9-10,12H2,2-4H3. The van der Waals surface area contributed by atoms with E-state index < -0.39 is 14.8 Å². The van der Waals surface area contributed by atoms with Gasteiger partial charge in [0.1, 0.15) is 6.61 Å². The largest absolute Gasteiger partial charge is 0.500 e. The number of carbonyl (C=O) groups excluding carboxylic acids is 1. The number of carbonyl (C=O) groups is 1. The van der Waals surface area contributed by atoms with Crippen molar-refractivity contribution in [3.8, 4) is 0 Å². The average molecular weight is 310 g/mol. The summed E-state index contributed by atoms with van der Waals surface area (Å²) in [5.41, 5.74) is 2.05. The fourth-order valence-electron chi connectivity index (χ4n) is 1.94. The molecule has 0 aliphatic rings. The van der Waals surface area contributed by atoms with Gasteiger partial charge in [0.2, 0.25) is 0 Å². The van der Waals surface area contributed by atoms with E-state index in [4.69, 9.17) is 18.0 Å². The molecule has 0 N–H and O–H groups in total. The lowest BCUT2D eigenvalue weighted by Crippen LogP contribution is -2.43. The Labute approximate surface area is 126 Å². The van der Waals surface area contributed by atoms with E-state index >= 15 is 0 Å². The molecule has 0 amide bonds. The van der Waals surface area contributed by atoms with Crippen LogP contribution in [0.3, 0.4) is 0 Å². The van der Waals surface area contributed by atoms with Crippen LogP contribution in [-0.2, 0) is 35.8 Å². The van der Waals surface area contributed by atoms with Gasteiger partial charge in [0.15, 0.2) is 0 Å². The van der Waals surface area contributed by atoms with Crippen molar-refractivity contribution in [1.82, 2.24) is 0 Å². The van der Waals surface area contributed by atoms with Crippen LogP contribution in [0.15, 0.2) is 36.9 Å². The molecule has 0 atom stereocenters. The van der Waals surface area contributed by atoms with Gasteiger partial charge in [-0.25, -0.2) is 4.79 Å². The molecule has 21 heavy (non-hydrogen) atoms. The van der Waals surface area contributed by atoms with E-state index in [1.165, 1.54) is 0 Å². The van der Waals surface area contributed by atoms with E-state index in [2.05, 4.69) is 6.58 Å². The fraction of sp³-hybridized carbons (Fsp3) is 0.400. The first kappa shape index (κ1) is 17.6. The third-order valence-electron chi connectivity index (χ3n) is 3.19. The summed E-state index contributed by atoms with van der Waals surface area (Å²) in [5, 5.41) is 0. The molecule has 1 aromatic carbocycles. The normalized spacial score (nSPS) is 11.2. The second-order valence-electron chi connectivity index (χ2n) is 4.43. The zero-order valence-electron chi connectivity index (χ0n) is 12.8. The van der Waals surface area contributed by atoms with Crippen LogP contribution in [0.5, 0.6) is 0 Å². The van der Waals surface area contributed by atoms with Crippen LogP contribution in [0.4, 0.5) is 0 Å². The van der Waals surface area contributed by atoms with Gasteiger partial charge in [-0.2, -0.15) is 0 Å². The second kappa shape index (κ2) is 8.73. The summed E-state index contributed by atoms with van der Waals surface area (Å²) in [6.07, 6.45) is 1.92.